The molecule has 0 saturated heterocycles. The number of anilines is 1. The zero-order chi connectivity index (χ0) is 14.4. The van der Waals surface area contributed by atoms with Gasteiger partial charge in [-0.1, -0.05) is 18.9 Å². The lowest BCUT2D eigenvalue weighted by Gasteiger charge is -2.13. The molecule has 0 radical (unpaired) electrons. The van der Waals surface area contributed by atoms with Crippen molar-refractivity contribution in [3.8, 4) is 0 Å². The summed E-state index contributed by atoms with van der Waals surface area (Å²) in [5.74, 6) is 0.615. The van der Waals surface area contributed by atoms with Crippen molar-refractivity contribution in [2.75, 3.05) is 18.5 Å². The molecule has 0 atom stereocenters. The Bertz CT molecular complexity index is 511. The van der Waals surface area contributed by atoms with E-state index in [1.807, 2.05) is 24.1 Å². The number of aromatic nitrogens is 3. The second-order valence-corrected chi connectivity index (χ2v) is 5.04. The molecule has 0 saturated carbocycles. The lowest BCUT2D eigenvalue weighted by molar-refractivity contribution is 0.450. The Morgan fingerprint density at radius 3 is 2.70 bits per heavy atom. The highest BCUT2D eigenvalue weighted by molar-refractivity contribution is 5.23. The minimum atomic E-state index is 0.398. The average Bonchev–Trinajstić information content (AvgIpc) is 2.92. The number of pyridine rings is 1. The smallest absolute Gasteiger partial charge is 0.317 e. The largest absolute Gasteiger partial charge is 0.407 e. The van der Waals surface area contributed by atoms with E-state index in [9.17, 15) is 0 Å². The maximum absolute atomic E-state index is 5.61. The fourth-order valence-corrected chi connectivity index (χ4v) is 1.70. The lowest BCUT2D eigenvalue weighted by atomic mass is 10.2. The Balaban J connectivity index is 1.84. The Hall–Kier alpha value is -1.95. The molecule has 0 aliphatic carbocycles. The van der Waals surface area contributed by atoms with Crippen molar-refractivity contribution in [3.05, 3.63) is 36.0 Å². The summed E-state index contributed by atoms with van der Waals surface area (Å²) in [6.45, 7) is 5.59. The minimum Gasteiger partial charge on any atom is -0.407 e. The van der Waals surface area contributed by atoms with Crippen LogP contribution in [0.3, 0.4) is 0 Å². The molecule has 20 heavy (non-hydrogen) atoms. The van der Waals surface area contributed by atoms with Crippen LogP contribution in [0.15, 0.2) is 28.9 Å². The Morgan fingerprint density at radius 2 is 2.00 bits per heavy atom. The van der Waals surface area contributed by atoms with Gasteiger partial charge in [0.25, 0.3) is 0 Å². The molecule has 2 aromatic rings. The second kappa shape index (κ2) is 7.00. The zero-order valence-electron chi connectivity index (χ0n) is 12.2. The molecule has 0 unspecified atom stereocenters. The number of hydrogen-bond acceptors (Lipinski definition) is 6. The monoisotopic (exact) mass is 275 g/mol. The first-order chi connectivity index (χ1) is 9.65. The van der Waals surface area contributed by atoms with Crippen LogP contribution in [0.1, 0.15) is 25.3 Å². The molecule has 2 aromatic heterocycles. The fraction of sp³-hybridized carbons (Fsp3) is 0.500. The zero-order valence-corrected chi connectivity index (χ0v) is 12.2. The van der Waals surface area contributed by atoms with E-state index in [-0.39, 0.29) is 0 Å². The van der Waals surface area contributed by atoms with Crippen LogP contribution in [-0.4, -0.2) is 34.8 Å². The van der Waals surface area contributed by atoms with Crippen molar-refractivity contribution in [2.24, 2.45) is 0 Å². The number of nitrogens with zero attached hydrogens (tertiary/aromatic N) is 4. The molecular weight excluding hydrogens is 254 g/mol. The molecule has 6 heteroatoms. The van der Waals surface area contributed by atoms with Gasteiger partial charge < -0.3 is 14.6 Å². The molecule has 1 N–H and O–H groups in total. The summed E-state index contributed by atoms with van der Waals surface area (Å²) in [5.41, 5.74) is 1.24. The molecule has 0 aromatic carbocycles. The number of rotatable bonds is 7. The molecule has 0 amide bonds. The van der Waals surface area contributed by atoms with Gasteiger partial charge in [-0.25, -0.2) is 0 Å². The first kappa shape index (κ1) is 14.5. The summed E-state index contributed by atoms with van der Waals surface area (Å²) >= 11 is 0. The maximum Gasteiger partial charge on any atom is 0.317 e. The molecule has 0 spiro atoms. The SMILES string of the molecule is CC(C)NCc1nnc(N(C)CCc2ccncc2)o1. The van der Waals surface area contributed by atoms with E-state index in [4.69, 9.17) is 4.42 Å². The first-order valence-electron chi connectivity index (χ1n) is 6.81. The third-order valence-electron chi connectivity index (χ3n) is 2.93. The molecule has 0 aliphatic heterocycles. The van der Waals surface area contributed by atoms with Crippen LogP contribution in [0, 0.1) is 0 Å². The Labute approximate surface area is 119 Å². The van der Waals surface area contributed by atoms with Crippen molar-refractivity contribution in [2.45, 2.75) is 32.9 Å². The number of likely N-dealkylation sites (N-methyl/N-ethyl adjacent to an activating group) is 1. The third kappa shape index (κ3) is 4.31. The Kier molecular flexibility index (Phi) is 5.06. The van der Waals surface area contributed by atoms with Crippen LogP contribution in [-0.2, 0) is 13.0 Å². The van der Waals surface area contributed by atoms with Crippen molar-refractivity contribution in [1.29, 1.82) is 0 Å². The quantitative estimate of drug-likeness (QED) is 0.828. The van der Waals surface area contributed by atoms with Gasteiger partial charge in [0.1, 0.15) is 0 Å². The number of nitrogens with one attached hydrogen (secondary N) is 1. The highest BCUT2D eigenvalue weighted by Gasteiger charge is 2.10. The molecular formula is C14H21N5O. The Morgan fingerprint density at radius 1 is 1.25 bits per heavy atom. The van der Waals surface area contributed by atoms with Gasteiger partial charge in [0.2, 0.25) is 5.89 Å². The predicted molar refractivity (Wildman–Crippen MR) is 77.5 cm³/mol. The minimum absolute atomic E-state index is 0.398. The van der Waals surface area contributed by atoms with E-state index in [2.05, 4.69) is 34.3 Å². The van der Waals surface area contributed by atoms with E-state index in [1.165, 1.54) is 5.56 Å². The van der Waals surface area contributed by atoms with E-state index in [0.717, 1.165) is 13.0 Å². The van der Waals surface area contributed by atoms with E-state index in [1.54, 1.807) is 12.4 Å². The van der Waals surface area contributed by atoms with E-state index >= 15 is 0 Å². The van der Waals surface area contributed by atoms with Crippen LogP contribution in [0.4, 0.5) is 6.01 Å². The van der Waals surface area contributed by atoms with Crippen LogP contribution in [0.5, 0.6) is 0 Å². The standard InChI is InChI=1S/C14H21N5O/c1-11(2)16-10-13-17-18-14(20-13)19(3)9-6-12-4-7-15-8-5-12/h4-5,7-8,11,16H,6,9-10H2,1-3H3. The van der Waals surface area contributed by atoms with Gasteiger partial charge in [-0.3, -0.25) is 4.98 Å². The molecule has 0 aliphatic rings. The van der Waals surface area contributed by atoms with Gasteiger partial charge in [0.05, 0.1) is 6.54 Å². The van der Waals surface area contributed by atoms with Crippen LogP contribution < -0.4 is 10.2 Å². The van der Waals surface area contributed by atoms with Crippen molar-refractivity contribution >= 4 is 6.01 Å². The van der Waals surface area contributed by atoms with Crippen LogP contribution in [0.25, 0.3) is 0 Å². The van der Waals surface area contributed by atoms with Gasteiger partial charge in [0.15, 0.2) is 0 Å². The first-order valence-corrected chi connectivity index (χ1v) is 6.81. The van der Waals surface area contributed by atoms with Gasteiger partial charge in [0, 0.05) is 32.0 Å². The van der Waals surface area contributed by atoms with Gasteiger partial charge in [-0.05, 0) is 24.1 Å². The van der Waals surface area contributed by atoms with Crippen LogP contribution in [0.2, 0.25) is 0 Å². The highest BCUT2D eigenvalue weighted by Crippen LogP contribution is 2.11. The van der Waals surface area contributed by atoms with Crippen molar-refractivity contribution in [3.63, 3.8) is 0 Å². The van der Waals surface area contributed by atoms with Gasteiger partial charge >= 0.3 is 6.01 Å². The lowest BCUT2D eigenvalue weighted by Crippen LogP contribution is -2.22. The van der Waals surface area contributed by atoms with E-state index < -0.39 is 0 Å². The summed E-state index contributed by atoms with van der Waals surface area (Å²) in [4.78, 5) is 5.97. The van der Waals surface area contributed by atoms with Crippen LogP contribution >= 0.6 is 0 Å². The molecule has 2 heterocycles. The van der Waals surface area contributed by atoms with E-state index in [0.29, 0.717) is 24.5 Å². The molecule has 0 bridgehead atoms. The van der Waals surface area contributed by atoms with Crippen molar-refractivity contribution in [1.82, 2.24) is 20.5 Å². The topological polar surface area (TPSA) is 67.1 Å². The summed E-state index contributed by atoms with van der Waals surface area (Å²) in [6, 6.07) is 4.98. The molecule has 108 valence electrons. The summed E-state index contributed by atoms with van der Waals surface area (Å²) in [5, 5.41) is 11.3. The average molecular weight is 275 g/mol. The normalized spacial score (nSPS) is 11.0. The molecule has 2 rings (SSSR count). The van der Waals surface area contributed by atoms with Gasteiger partial charge in [-0.15, -0.1) is 5.10 Å². The van der Waals surface area contributed by atoms with Crippen molar-refractivity contribution < 1.29 is 4.42 Å². The fourth-order valence-electron chi connectivity index (χ4n) is 1.70. The highest BCUT2D eigenvalue weighted by atomic mass is 16.4. The summed E-state index contributed by atoms with van der Waals surface area (Å²) in [6.07, 6.45) is 4.52. The molecule has 6 nitrogen and oxygen atoms in total. The second-order valence-electron chi connectivity index (χ2n) is 5.04. The van der Waals surface area contributed by atoms with Gasteiger partial charge in [-0.2, -0.15) is 0 Å². The summed E-state index contributed by atoms with van der Waals surface area (Å²) < 4.78 is 5.61. The maximum atomic E-state index is 5.61. The molecule has 0 fully saturated rings. The predicted octanol–water partition coefficient (Wildman–Crippen LogP) is 1.64. The number of hydrogen-bond donors (Lipinski definition) is 1. The third-order valence-corrected chi connectivity index (χ3v) is 2.93. The summed E-state index contributed by atoms with van der Waals surface area (Å²) in [7, 11) is 1.95.